The fourth-order valence-electron chi connectivity index (χ4n) is 3.19. The van der Waals surface area contributed by atoms with E-state index in [4.69, 9.17) is 4.52 Å². The van der Waals surface area contributed by atoms with Crippen LogP contribution in [0.5, 0.6) is 0 Å². The van der Waals surface area contributed by atoms with Crippen LogP contribution in [0.25, 0.3) is 11.3 Å². The van der Waals surface area contributed by atoms with Crippen LogP contribution in [0, 0.1) is 5.92 Å². The first-order chi connectivity index (χ1) is 11.3. The lowest BCUT2D eigenvalue weighted by atomic mass is 9.86. The molecule has 0 unspecified atom stereocenters. The van der Waals surface area contributed by atoms with Crippen molar-refractivity contribution in [2.45, 2.75) is 44.9 Å². The van der Waals surface area contributed by atoms with Crippen LogP contribution >= 0.6 is 0 Å². The van der Waals surface area contributed by atoms with Crippen LogP contribution in [-0.2, 0) is 0 Å². The normalized spacial score (nSPS) is 15.5. The predicted molar refractivity (Wildman–Crippen MR) is 87.9 cm³/mol. The van der Waals surface area contributed by atoms with Crippen molar-refractivity contribution in [3.63, 3.8) is 0 Å². The molecule has 2 aromatic heterocycles. The van der Waals surface area contributed by atoms with Gasteiger partial charge in [0.25, 0.3) is 5.91 Å². The third kappa shape index (κ3) is 4.41. The highest BCUT2D eigenvalue weighted by atomic mass is 16.5. The number of hydrogen-bond acceptors (Lipinski definition) is 4. The molecule has 0 saturated heterocycles. The van der Waals surface area contributed by atoms with Gasteiger partial charge in [0.2, 0.25) is 0 Å². The van der Waals surface area contributed by atoms with Crippen molar-refractivity contribution in [1.82, 2.24) is 15.5 Å². The summed E-state index contributed by atoms with van der Waals surface area (Å²) in [6, 6.07) is 5.32. The molecule has 5 heteroatoms. The van der Waals surface area contributed by atoms with Gasteiger partial charge in [0.15, 0.2) is 11.5 Å². The Bertz CT molecular complexity index is 618. The quantitative estimate of drug-likeness (QED) is 0.823. The summed E-state index contributed by atoms with van der Waals surface area (Å²) in [6.45, 7) is 0.701. The second kappa shape index (κ2) is 7.90. The van der Waals surface area contributed by atoms with Gasteiger partial charge in [0, 0.05) is 30.6 Å². The Kier molecular flexibility index (Phi) is 5.40. The first kappa shape index (κ1) is 15.7. The summed E-state index contributed by atoms with van der Waals surface area (Å²) in [7, 11) is 0. The molecule has 0 aliphatic heterocycles. The number of carbonyl (C=O) groups excluding carboxylic acids is 1. The summed E-state index contributed by atoms with van der Waals surface area (Å²) >= 11 is 0. The smallest absolute Gasteiger partial charge is 0.273 e. The van der Waals surface area contributed by atoms with Crippen molar-refractivity contribution < 1.29 is 9.32 Å². The standard InChI is InChI=1S/C18H23N3O2/c22-18(20-10-4-7-14-5-2-1-3-6-14)16-13-17(23-21-16)15-8-11-19-12-9-15/h8-9,11-14H,1-7,10H2,(H,20,22). The van der Waals surface area contributed by atoms with E-state index in [0.29, 0.717) is 18.0 Å². The summed E-state index contributed by atoms with van der Waals surface area (Å²) in [5.41, 5.74) is 1.19. The summed E-state index contributed by atoms with van der Waals surface area (Å²) in [5, 5.41) is 6.78. The molecule has 122 valence electrons. The molecule has 1 saturated carbocycles. The monoisotopic (exact) mass is 313 g/mol. The number of amides is 1. The number of hydrogen-bond donors (Lipinski definition) is 1. The lowest BCUT2D eigenvalue weighted by Gasteiger charge is -2.21. The van der Waals surface area contributed by atoms with Crippen LogP contribution in [0.3, 0.4) is 0 Å². The second-order valence-corrected chi connectivity index (χ2v) is 6.21. The first-order valence-corrected chi connectivity index (χ1v) is 8.48. The number of pyridine rings is 1. The van der Waals surface area contributed by atoms with Gasteiger partial charge < -0.3 is 9.84 Å². The van der Waals surface area contributed by atoms with Crippen LogP contribution < -0.4 is 5.32 Å². The Hall–Kier alpha value is -2.17. The van der Waals surface area contributed by atoms with Gasteiger partial charge in [0.05, 0.1) is 0 Å². The summed E-state index contributed by atoms with van der Waals surface area (Å²) in [4.78, 5) is 16.1. The molecule has 2 heterocycles. The number of aromatic nitrogens is 2. The fraction of sp³-hybridized carbons (Fsp3) is 0.500. The predicted octanol–water partition coefficient (Wildman–Crippen LogP) is 3.83. The molecule has 0 atom stereocenters. The van der Waals surface area contributed by atoms with E-state index in [9.17, 15) is 4.79 Å². The molecule has 0 bridgehead atoms. The van der Waals surface area contributed by atoms with E-state index in [-0.39, 0.29) is 5.91 Å². The highest BCUT2D eigenvalue weighted by molar-refractivity contribution is 5.93. The molecule has 1 aliphatic rings. The molecule has 23 heavy (non-hydrogen) atoms. The summed E-state index contributed by atoms with van der Waals surface area (Å²) in [6.07, 6.45) is 12.4. The highest BCUT2D eigenvalue weighted by Gasteiger charge is 2.15. The molecule has 1 fully saturated rings. The molecule has 5 nitrogen and oxygen atoms in total. The molecule has 2 aromatic rings. The third-order valence-corrected chi connectivity index (χ3v) is 4.51. The van der Waals surface area contributed by atoms with Gasteiger partial charge in [-0.05, 0) is 30.9 Å². The van der Waals surface area contributed by atoms with Gasteiger partial charge in [-0.3, -0.25) is 9.78 Å². The van der Waals surface area contributed by atoms with E-state index in [1.54, 1.807) is 18.5 Å². The van der Waals surface area contributed by atoms with Crippen molar-refractivity contribution in [3.05, 3.63) is 36.3 Å². The minimum absolute atomic E-state index is 0.169. The largest absolute Gasteiger partial charge is 0.355 e. The van der Waals surface area contributed by atoms with E-state index < -0.39 is 0 Å². The molecule has 3 rings (SSSR count). The number of nitrogens with one attached hydrogen (secondary N) is 1. The second-order valence-electron chi connectivity index (χ2n) is 6.21. The van der Waals surface area contributed by atoms with Crippen molar-refractivity contribution in [2.24, 2.45) is 5.92 Å². The van der Waals surface area contributed by atoms with Crippen molar-refractivity contribution >= 4 is 5.91 Å². The molecule has 0 radical (unpaired) electrons. The molecule has 1 amide bonds. The minimum Gasteiger partial charge on any atom is -0.355 e. The molecule has 1 aliphatic carbocycles. The zero-order chi connectivity index (χ0) is 15.9. The van der Waals surface area contributed by atoms with E-state index >= 15 is 0 Å². The summed E-state index contributed by atoms with van der Waals surface area (Å²) < 4.78 is 5.23. The molecular formula is C18H23N3O2. The van der Waals surface area contributed by atoms with Gasteiger partial charge in [-0.15, -0.1) is 0 Å². The van der Waals surface area contributed by atoms with Crippen molar-refractivity contribution in [1.29, 1.82) is 0 Å². The van der Waals surface area contributed by atoms with Gasteiger partial charge in [-0.1, -0.05) is 37.3 Å². The van der Waals surface area contributed by atoms with E-state index in [0.717, 1.165) is 17.9 Å². The fourth-order valence-corrected chi connectivity index (χ4v) is 3.19. The molecule has 0 spiro atoms. The van der Waals surface area contributed by atoms with E-state index in [1.165, 1.54) is 38.5 Å². The van der Waals surface area contributed by atoms with Crippen LogP contribution in [0.4, 0.5) is 0 Å². The lowest BCUT2D eigenvalue weighted by molar-refractivity contribution is 0.0943. The van der Waals surface area contributed by atoms with Gasteiger partial charge in [0.1, 0.15) is 0 Å². The van der Waals surface area contributed by atoms with Gasteiger partial charge >= 0.3 is 0 Å². The van der Waals surface area contributed by atoms with Gasteiger partial charge in [-0.2, -0.15) is 0 Å². The molecule has 0 aromatic carbocycles. The molecule has 1 N–H and O–H groups in total. The number of carbonyl (C=O) groups is 1. The van der Waals surface area contributed by atoms with Crippen LogP contribution in [0.2, 0.25) is 0 Å². The highest BCUT2D eigenvalue weighted by Crippen LogP contribution is 2.27. The maximum Gasteiger partial charge on any atom is 0.273 e. The van der Waals surface area contributed by atoms with Crippen LogP contribution in [-0.4, -0.2) is 22.6 Å². The zero-order valence-electron chi connectivity index (χ0n) is 13.3. The SMILES string of the molecule is O=C(NCCCC1CCCCC1)c1cc(-c2ccncc2)on1. The minimum atomic E-state index is -0.169. The summed E-state index contributed by atoms with van der Waals surface area (Å²) in [5.74, 6) is 1.27. The third-order valence-electron chi connectivity index (χ3n) is 4.51. The average molecular weight is 313 g/mol. The Morgan fingerprint density at radius 2 is 2.00 bits per heavy atom. The van der Waals surface area contributed by atoms with Crippen molar-refractivity contribution in [2.75, 3.05) is 6.54 Å². The van der Waals surface area contributed by atoms with Crippen molar-refractivity contribution in [3.8, 4) is 11.3 Å². The maximum atomic E-state index is 12.1. The number of nitrogens with zero attached hydrogens (tertiary/aromatic N) is 2. The molecular weight excluding hydrogens is 290 g/mol. The zero-order valence-corrected chi connectivity index (χ0v) is 13.3. The number of rotatable bonds is 6. The Morgan fingerprint density at radius 1 is 1.22 bits per heavy atom. The van der Waals surface area contributed by atoms with E-state index in [1.807, 2.05) is 12.1 Å². The lowest BCUT2D eigenvalue weighted by Crippen LogP contribution is -2.25. The topological polar surface area (TPSA) is 68.0 Å². The Morgan fingerprint density at radius 3 is 2.78 bits per heavy atom. The van der Waals surface area contributed by atoms with E-state index in [2.05, 4.69) is 15.5 Å². The maximum absolute atomic E-state index is 12.1. The Labute approximate surface area is 136 Å². The Balaban J connectivity index is 1.44. The van der Waals surface area contributed by atoms with Crippen LogP contribution in [0.15, 0.2) is 35.1 Å². The average Bonchev–Trinajstić information content (AvgIpc) is 3.10. The van der Waals surface area contributed by atoms with Crippen LogP contribution in [0.1, 0.15) is 55.4 Å². The van der Waals surface area contributed by atoms with Gasteiger partial charge in [-0.25, -0.2) is 0 Å². The first-order valence-electron chi connectivity index (χ1n) is 8.48.